The fourth-order valence-electron chi connectivity index (χ4n) is 2.99. The Balaban J connectivity index is 2.01. The normalized spacial score (nSPS) is 13.7. The van der Waals surface area contributed by atoms with Crippen LogP contribution < -0.4 is 15.5 Å². The molecule has 0 unspecified atom stereocenters. The van der Waals surface area contributed by atoms with Crippen molar-refractivity contribution < 1.29 is 19.5 Å². The second kappa shape index (κ2) is 8.05. The lowest BCUT2D eigenvalue weighted by atomic mass is 10.1. The van der Waals surface area contributed by atoms with E-state index in [2.05, 4.69) is 10.6 Å². The van der Waals surface area contributed by atoms with Crippen LogP contribution in [0.5, 0.6) is 5.75 Å². The molecule has 0 saturated heterocycles. The first-order chi connectivity index (χ1) is 13.9. The summed E-state index contributed by atoms with van der Waals surface area (Å²) in [6.07, 6.45) is 0. The summed E-state index contributed by atoms with van der Waals surface area (Å²) in [5, 5.41) is 16.3. The standard InChI is InChI=1S/C21H22N4O4/c1-4-22-16-17(21(29)25(20(16)28)13-9-6-5-7-10-13)23-15-12-8-11-14(18(15)26)19(27)24(2)3/h5-12,22-23,26H,4H2,1-3H3. The molecule has 2 aromatic rings. The average molecular weight is 394 g/mol. The van der Waals surface area contributed by atoms with Gasteiger partial charge in [-0.25, -0.2) is 4.90 Å². The second-order valence-electron chi connectivity index (χ2n) is 6.59. The van der Waals surface area contributed by atoms with Gasteiger partial charge in [0, 0.05) is 20.6 Å². The lowest BCUT2D eigenvalue weighted by Crippen LogP contribution is -2.33. The Kier molecular flexibility index (Phi) is 5.54. The summed E-state index contributed by atoms with van der Waals surface area (Å²) >= 11 is 0. The van der Waals surface area contributed by atoms with Crippen molar-refractivity contribution in [3.8, 4) is 5.75 Å². The second-order valence-corrected chi connectivity index (χ2v) is 6.59. The molecule has 0 spiro atoms. The summed E-state index contributed by atoms with van der Waals surface area (Å²) in [6, 6.07) is 13.2. The van der Waals surface area contributed by atoms with Gasteiger partial charge in [0.15, 0.2) is 5.75 Å². The van der Waals surface area contributed by atoms with Gasteiger partial charge in [-0.15, -0.1) is 0 Å². The van der Waals surface area contributed by atoms with Crippen LogP contribution >= 0.6 is 0 Å². The van der Waals surface area contributed by atoms with Crippen molar-refractivity contribution in [1.29, 1.82) is 0 Å². The summed E-state index contributed by atoms with van der Waals surface area (Å²) < 4.78 is 0. The highest BCUT2D eigenvalue weighted by Crippen LogP contribution is 2.32. The molecule has 150 valence electrons. The molecule has 8 nitrogen and oxygen atoms in total. The number of likely N-dealkylation sites (N-methyl/N-ethyl adjacent to an activating group) is 1. The van der Waals surface area contributed by atoms with Crippen LogP contribution in [0.3, 0.4) is 0 Å². The van der Waals surface area contributed by atoms with Crippen LogP contribution in [0, 0.1) is 0 Å². The third-order valence-electron chi connectivity index (χ3n) is 4.38. The molecule has 3 N–H and O–H groups in total. The SMILES string of the molecule is CCNC1=C(Nc2cccc(C(=O)N(C)C)c2O)C(=O)N(c2ccccc2)C1=O. The third kappa shape index (κ3) is 3.64. The van der Waals surface area contributed by atoms with Crippen LogP contribution in [-0.4, -0.2) is 48.4 Å². The molecule has 0 atom stereocenters. The maximum Gasteiger partial charge on any atom is 0.284 e. The number of rotatable bonds is 6. The number of anilines is 2. The first kappa shape index (κ1) is 19.9. The molecule has 1 aliphatic rings. The van der Waals surface area contributed by atoms with Gasteiger partial charge in [-0.2, -0.15) is 0 Å². The number of amides is 3. The smallest absolute Gasteiger partial charge is 0.284 e. The summed E-state index contributed by atoms with van der Waals surface area (Å²) in [5.41, 5.74) is 0.785. The highest BCUT2D eigenvalue weighted by molar-refractivity contribution is 6.33. The molecule has 0 radical (unpaired) electrons. The van der Waals surface area contributed by atoms with Crippen molar-refractivity contribution in [3.05, 3.63) is 65.5 Å². The van der Waals surface area contributed by atoms with Gasteiger partial charge in [0.25, 0.3) is 17.7 Å². The molecular weight excluding hydrogens is 372 g/mol. The molecule has 0 bridgehead atoms. The van der Waals surface area contributed by atoms with Gasteiger partial charge in [0.2, 0.25) is 0 Å². The number of nitrogens with one attached hydrogen (secondary N) is 2. The molecule has 0 fully saturated rings. The van der Waals surface area contributed by atoms with Gasteiger partial charge < -0.3 is 20.6 Å². The molecule has 8 heteroatoms. The number of imide groups is 1. The molecule has 0 saturated carbocycles. The van der Waals surface area contributed by atoms with E-state index in [9.17, 15) is 19.5 Å². The van der Waals surface area contributed by atoms with Crippen LogP contribution in [0.15, 0.2) is 59.9 Å². The molecule has 2 aromatic carbocycles. The molecule has 3 rings (SSSR count). The Morgan fingerprint density at radius 1 is 1.00 bits per heavy atom. The highest BCUT2D eigenvalue weighted by atomic mass is 16.3. The van der Waals surface area contributed by atoms with E-state index < -0.39 is 11.8 Å². The molecule has 29 heavy (non-hydrogen) atoms. The Morgan fingerprint density at radius 2 is 1.66 bits per heavy atom. The number of aromatic hydroxyl groups is 1. The van der Waals surface area contributed by atoms with Gasteiger partial charge in [-0.3, -0.25) is 14.4 Å². The van der Waals surface area contributed by atoms with Gasteiger partial charge in [0.05, 0.1) is 16.9 Å². The number of benzene rings is 2. The topological polar surface area (TPSA) is 102 Å². The predicted molar refractivity (Wildman–Crippen MR) is 109 cm³/mol. The van der Waals surface area contributed by atoms with Gasteiger partial charge >= 0.3 is 0 Å². The van der Waals surface area contributed by atoms with Crippen molar-refractivity contribution >= 4 is 29.1 Å². The van der Waals surface area contributed by atoms with Crippen LogP contribution in [0.1, 0.15) is 17.3 Å². The average Bonchev–Trinajstić information content (AvgIpc) is 2.94. The zero-order valence-electron chi connectivity index (χ0n) is 16.4. The summed E-state index contributed by atoms with van der Waals surface area (Å²) in [4.78, 5) is 40.6. The zero-order valence-corrected chi connectivity index (χ0v) is 16.4. The number of nitrogens with zero attached hydrogens (tertiary/aromatic N) is 2. The minimum absolute atomic E-state index is 0.00505. The van der Waals surface area contributed by atoms with E-state index in [-0.39, 0.29) is 34.3 Å². The molecule has 1 aliphatic heterocycles. The number of phenols is 1. The Morgan fingerprint density at radius 3 is 2.28 bits per heavy atom. The van der Waals surface area contributed by atoms with Gasteiger partial charge in [0.1, 0.15) is 11.4 Å². The number of hydrogen-bond acceptors (Lipinski definition) is 6. The van der Waals surface area contributed by atoms with Crippen molar-refractivity contribution in [1.82, 2.24) is 10.2 Å². The fourth-order valence-corrected chi connectivity index (χ4v) is 2.99. The summed E-state index contributed by atoms with van der Waals surface area (Å²) in [7, 11) is 3.15. The molecule has 1 heterocycles. The lowest BCUT2D eigenvalue weighted by Gasteiger charge is -2.16. The third-order valence-corrected chi connectivity index (χ3v) is 4.38. The predicted octanol–water partition coefficient (Wildman–Crippen LogP) is 1.90. The maximum atomic E-state index is 13.0. The van der Waals surface area contributed by atoms with E-state index in [4.69, 9.17) is 0 Å². The van der Waals surface area contributed by atoms with Crippen LogP contribution in [-0.2, 0) is 9.59 Å². The largest absolute Gasteiger partial charge is 0.505 e. The first-order valence-electron chi connectivity index (χ1n) is 9.09. The van der Waals surface area contributed by atoms with Crippen LogP contribution in [0.2, 0.25) is 0 Å². The quantitative estimate of drug-likeness (QED) is 0.511. The maximum absolute atomic E-state index is 13.0. The van der Waals surface area contributed by atoms with Gasteiger partial charge in [-0.05, 0) is 31.2 Å². The first-order valence-corrected chi connectivity index (χ1v) is 9.09. The van der Waals surface area contributed by atoms with E-state index in [1.54, 1.807) is 57.4 Å². The van der Waals surface area contributed by atoms with Crippen molar-refractivity contribution in [2.45, 2.75) is 6.92 Å². The number of carbonyl (C=O) groups is 3. The molecule has 0 aromatic heterocycles. The summed E-state index contributed by atoms with van der Waals surface area (Å²) in [6.45, 7) is 2.23. The number of para-hydroxylation sites is 2. The van der Waals surface area contributed by atoms with E-state index in [0.29, 0.717) is 12.2 Å². The molecular formula is C21H22N4O4. The van der Waals surface area contributed by atoms with E-state index in [1.807, 2.05) is 0 Å². The van der Waals surface area contributed by atoms with Gasteiger partial charge in [-0.1, -0.05) is 24.3 Å². The van der Waals surface area contributed by atoms with E-state index in [0.717, 1.165) is 4.90 Å². The zero-order chi connectivity index (χ0) is 21.1. The van der Waals surface area contributed by atoms with Crippen molar-refractivity contribution in [3.63, 3.8) is 0 Å². The van der Waals surface area contributed by atoms with E-state index in [1.165, 1.54) is 17.0 Å². The van der Waals surface area contributed by atoms with Crippen LogP contribution in [0.4, 0.5) is 11.4 Å². The number of carbonyl (C=O) groups excluding carboxylic acids is 3. The minimum atomic E-state index is -0.555. The number of hydrogen-bond donors (Lipinski definition) is 3. The van der Waals surface area contributed by atoms with Crippen LogP contribution in [0.25, 0.3) is 0 Å². The summed E-state index contributed by atoms with van der Waals surface area (Å²) in [5.74, 6) is -1.73. The van der Waals surface area contributed by atoms with E-state index >= 15 is 0 Å². The Bertz CT molecular complexity index is 999. The molecule has 0 aliphatic carbocycles. The molecule has 3 amide bonds. The Hall–Kier alpha value is -3.81. The highest BCUT2D eigenvalue weighted by Gasteiger charge is 2.39. The Labute approximate surface area is 168 Å². The monoisotopic (exact) mass is 394 g/mol. The van der Waals surface area contributed by atoms with Crippen molar-refractivity contribution in [2.75, 3.05) is 30.9 Å². The number of phenolic OH excluding ortho intramolecular Hbond substituents is 1. The fraction of sp³-hybridized carbons (Fsp3) is 0.190. The minimum Gasteiger partial charge on any atom is -0.505 e. The van der Waals surface area contributed by atoms with Crippen molar-refractivity contribution in [2.24, 2.45) is 0 Å². The lowest BCUT2D eigenvalue weighted by molar-refractivity contribution is -0.120.